The van der Waals surface area contributed by atoms with Gasteiger partial charge in [0.25, 0.3) is 0 Å². The number of carbonyl (C=O) groups is 1. The van der Waals surface area contributed by atoms with Gasteiger partial charge in [0.2, 0.25) is 5.91 Å². The lowest BCUT2D eigenvalue weighted by Gasteiger charge is -2.38. The van der Waals surface area contributed by atoms with E-state index in [2.05, 4.69) is 5.32 Å². The van der Waals surface area contributed by atoms with Gasteiger partial charge in [-0.3, -0.25) is 4.79 Å². The third-order valence-electron chi connectivity index (χ3n) is 4.22. The molecule has 0 aromatic heterocycles. The first-order valence-electron chi connectivity index (χ1n) is 6.48. The van der Waals surface area contributed by atoms with Crippen LogP contribution < -0.4 is 11.1 Å². The lowest BCUT2D eigenvalue weighted by molar-refractivity contribution is -0.182. The smallest absolute Gasteiger partial charge is 0.352 e. The Morgan fingerprint density at radius 2 is 1.68 bits per heavy atom. The maximum absolute atomic E-state index is 12.5. The zero-order valence-electron chi connectivity index (χ0n) is 10.6. The number of amides is 1. The molecular formula is C12H20ClF3N2O. The summed E-state index contributed by atoms with van der Waals surface area (Å²) in [7, 11) is 0. The van der Waals surface area contributed by atoms with E-state index < -0.39 is 17.6 Å². The van der Waals surface area contributed by atoms with Crippen molar-refractivity contribution in [3.63, 3.8) is 0 Å². The lowest BCUT2D eigenvalue weighted by atomic mass is 9.76. The molecule has 0 aromatic carbocycles. The van der Waals surface area contributed by atoms with Crippen LogP contribution >= 0.6 is 12.4 Å². The van der Waals surface area contributed by atoms with Crippen LogP contribution in [0.15, 0.2) is 0 Å². The Bertz CT molecular complexity index is 323. The maximum Gasteiger partial charge on any atom is 0.391 e. The topological polar surface area (TPSA) is 55.1 Å². The summed E-state index contributed by atoms with van der Waals surface area (Å²) in [4.78, 5) is 11.8. The van der Waals surface area contributed by atoms with Crippen LogP contribution in [-0.2, 0) is 4.79 Å². The fourth-order valence-electron chi connectivity index (χ4n) is 2.68. The highest BCUT2D eigenvalue weighted by atomic mass is 35.5. The van der Waals surface area contributed by atoms with E-state index in [4.69, 9.17) is 5.73 Å². The van der Waals surface area contributed by atoms with Crippen molar-refractivity contribution in [2.75, 3.05) is 0 Å². The van der Waals surface area contributed by atoms with Crippen molar-refractivity contribution < 1.29 is 18.0 Å². The van der Waals surface area contributed by atoms with Gasteiger partial charge in [-0.25, -0.2) is 0 Å². The molecule has 2 rings (SSSR count). The molecule has 2 fully saturated rings. The third kappa shape index (κ3) is 3.75. The van der Waals surface area contributed by atoms with Crippen LogP contribution in [-0.4, -0.2) is 23.7 Å². The van der Waals surface area contributed by atoms with Gasteiger partial charge in [-0.15, -0.1) is 12.4 Å². The van der Waals surface area contributed by atoms with Crippen molar-refractivity contribution >= 4 is 18.3 Å². The molecule has 3 nitrogen and oxygen atoms in total. The Balaban J connectivity index is 0.00000180. The standard InChI is InChI=1S/C12H19F3N2O.ClH/c13-12(14,15)8-2-4-9(5-3-8)17-10(18)11(16)6-1-7-11;/h8-9H,1-7,16H2,(H,17,18);1H. The predicted octanol–water partition coefficient (Wildman–Crippen LogP) is 2.53. The number of halogens is 4. The van der Waals surface area contributed by atoms with E-state index in [0.29, 0.717) is 25.7 Å². The number of nitrogens with one attached hydrogen (secondary N) is 1. The van der Waals surface area contributed by atoms with Crippen molar-refractivity contribution in [2.24, 2.45) is 11.7 Å². The van der Waals surface area contributed by atoms with Gasteiger partial charge in [-0.2, -0.15) is 13.2 Å². The molecule has 0 bridgehead atoms. The van der Waals surface area contributed by atoms with Crippen molar-refractivity contribution in [1.29, 1.82) is 0 Å². The molecule has 0 heterocycles. The van der Waals surface area contributed by atoms with E-state index >= 15 is 0 Å². The first-order valence-corrected chi connectivity index (χ1v) is 6.48. The second-order valence-electron chi connectivity index (χ2n) is 5.57. The molecular weight excluding hydrogens is 281 g/mol. The molecule has 0 aliphatic heterocycles. The summed E-state index contributed by atoms with van der Waals surface area (Å²) in [6.07, 6.45) is -0.799. The fourth-order valence-corrected chi connectivity index (χ4v) is 2.68. The average Bonchev–Trinajstić information content (AvgIpc) is 2.25. The van der Waals surface area contributed by atoms with Crippen molar-refractivity contribution in [3.05, 3.63) is 0 Å². The van der Waals surface area contributed by atoms with E-state index in [0.717, 1.165) is 6.42 Å². The van der Waals surface area contributed by atoms with E-state index in [1.807, 2.05) is 0 Å². The molecule has 0 radical (unpaired) electrons. The highest BCUT2D eigenvalue weighted by Gasteiger charge is 2.44. The van der Waals surface area contributed by atoms with Crippen molar-refractivity contribution in [2.45, 2.75) is 62.7 Å². The summed E-state index contributed by atoms with van der Waals surface area (Å²) in [6, 6.07) is -0.142. The van der Waals surface area contributed by atoms with E-state index in [-0.39, 0.29) is 37.2 Å². The summed E-state index contributed by atoms with van der Waals surface area (Å²) < 4.78 is 37.4. The summed E-state index contributed by atoms with van der Waals surface area (Å²) >= 11 is 0. The maximum atomic E-state index is 12.5. The highest BCUT2D eigenvalue weighted by Crippen LogP contribution is 2.38. The van der Waals surface area contributed by atoms with Gasteiger partial charge in [0.15, 0.2) is 0 Å². The molecule has 2 aliphatic rings. The number of carbonyl (C=O) groups excluding carboxylic acids is 1. The van der Waals surface area contributed by atoms with Gasteiger partial charge in [0, 0.05) is 6.04 Å². The van der Waals surface area contributed by atoms with Crippen LogP contribution in [0, 0.1) is 5.92 Å². The Morgan fingerprint density at radius 1 is 1.16 bits per heavy atom. The minimum absolute atomic E-state index is 0. The molecule has 0 atom stereocenters. The largest absolute Gasteiger partial charge is 0.391 e. The van der Waals surface area contributed by atoms with E-state index in [9.17, 15) is 18.0 Å². The molecule has 19 heavy (non-hydrogen) atoms. The number of hydrogen-bond acceptors (Lipinski definition) is 2. The van der Waals surface area contributed by atoms with Crippen molar-refractivity contribution in [3.8, 4) is 0 Å². The second-order valence-corrected chi connectivity index (χ2v) is 5.57. The number of rotatable bonds is 2. The predicted molar refractivity (Wildman–Crippen MR) is 68.0 cm³/mol. The Labute approximate surface area is 116 Å². The van der Waals surface area contributed by atoms with Gasteiger partial charge in [0.1, 0.15) is 0 Å². The molecule has 112 valence electrons. The van der Waals surface area contributed by atoms with Gasteiger partial charge in [0.05, 0.1) is 11.5 Å². The Morgan fingerprint density at radius 3 is 2.05 bits per heavy atom. The van der Waals surface area contributed by atoms with Crippen LogP contribution in [0.5, 0.6) is 0 Å². The summed E-state index contributed by atoms with van der Waals surface area (Å²) in [5, 5.41) is 2.80. The minimum Gasteiger partial charge on any atom is -0.352 e. The number of alkyl halides is 3. The van der Waals surface area contributed by atoms with Crippen LogP contribution in [0.3, 0.4) is 0 Å². The molecule has 0 spiro atoms. The van der Waals surface area contributed by atoms with Crippen LogP contribution in [0.25, 0.3) is 0 Å². The quantitative estimate of drug-likeness (QED) is 0.823. The average molecular weight is 301 g/mol. The molecule has 1 amide bonds. The molecule has 0 unspecified atom stereocenters. The second kappa shape index (κ2) is 5.87. The van der Waals surface area contributed by atoms with Gasteiger partial charge >= 0.3 is 6.18 Å². The highest BCUT2D eigenvalue weighted by molar-refractivity contribution is 5.87. The minimum atomic E-state index is -4.10. The first-order chi connectivity index (χ1) is 8.31. The van der Waals surface area contributed by atoms with Crippen LogP contribution in [0.4, 0.5) is 13.2 Å². The number of nitrogens with two attached hydrogens (primary N) is 1. The third-order valence-corrected chi connectivity index (χ3v) is 4.22. The molecule has 2 aliphatic carbocycles. The van der Waals surface area contributed by atoms with Gasteiger partial charge in [-0.05, 0) is 44.9 Å². The molecule has 0 aromatic rings. The van der Waals surface area contributed by atoms with E-state index in [1.165, 1.54) is 0 Å². The lowest BCUT2D eigenvalue weighted by Crippen LogP contribution is -2.60. The summed E-state index contributed by atoms with van der Waals surface area (Å²) in [6.45, 7) is 0. The van der Waals surface area contributed by atoms with E-state index in [1.54, 1.807) is 0 Å². The molecule has 3 N–H and O–H groups in total. The zero-order chi connectivity index (χ0) is 13.4. The normalized spacial score (nSPS) is 29.9. The van der Waals surface area contributed by atoms with Crippen LogP contribution in [0.2, 0.25) is 0 Å². The summed E-state index contributed by atoms with van der Waals surface area (Å²) in [5.74, 6) is -1.40. The molecule has 7 heteroatoms. The Hall–Kier alpha value is -0.490. The van der Waals surface area contributed by atoms with Gasteiger partial charge < -0.3 is 11.1 Å². The zero-order valence-corrected chi connectivity index (χ0v) is 11.4. The van der Waals surface area contributed by atoms with Crippen molar-refractivity contribution in [1.82, 2.24) is 5.32 Å². The number of hydrogen-bond donors (Lipinski definition) is 2. The van der Waals surface area contributed by atoms with Crippen LogP contribution in [0.1, 0.15) is 44.9 Å². The Kier molecular flexibility index (Phi) is 5.12. The molecule has 2 saturated carbocycles. The van der Waals surface area contributed by atoms with Gasteiger partial charge in [-0.1, -0.05) is 0 Å². The monoisotopic (exact) mass is 300 g/mol. The molecule has 0 saturated heterocycles. The summed E-state index contributed by atoms with van der Waals surface area (Å²) in [5.41, 5.74) is 5.11. The first kappa shape index (κ1) is 16.6. The SMILES string of the molecule is Cl.NC1(C(=O)NC2CCC(C(F)(F)F)CC2)CCC1. The fraction of sp³-hybridized carbons (Fsp3) is 0.917.